The van der Waals surface area contributed by atoms with Crippen LogP contribution >= 0.6 is 23.1 Å². The molecule has 0 atom stereocenters. The molecular formula is C14H13FN4S2. The number of thioether (sulfide) groups is 1. The van der Waals surface area contributed by atoms with E-state index >= 15 is 0 Å². The largest absolute Gasteiger partial charge is 0.325 e. The summed E-state index contributed by atoms with van der Waals surface area (Å²) in [4.78, 5) is 5.68. The molecular weight excluding hydrogens is 307 g/mol. The first-order valence-electron chi connectivity index (χ1n) is 6.31. The number of hydrogen-bond acceptors (Lipinski definition) is 5. The third-order valence-corrected chi connectivity index (χ3v) is 4.95. The van der Waals surface area contributed by atoms with Crippen molar-refractivity contribution in [1.29, 1.82) is 0 Å². The molecule has 0 radical (unpaired) electrons. The van der Waals surface area contributed by atoms with Gasteiger partial charge in [-0.25, -0.2) is 9.49 Å². The van der Waals surface area contributed by atoms with Gasteiger partial charge >= 0.3 is 0 Å². The number of benzene rings is 1. The van der Waals surface area contributed by atoms with E-state index in [0.29, 0.717) is 11.1 Å². The molecule has 0 saturated carbocycles. The number of anilines is 2. The maximum atomic E-state index is 12.8. The van der Waals surface area contributed by atoms with Crippen LogP contribution in [0.1, 0.15) is 10.4 Å². The first kappa shape index (κ1) is 14.1. The Morgan fingerprint density at radius 3 is 2.81 bits per heavy atom. The number of nitrogens with one attached hydrogen (secondary N) is 2. The zero-order valence-electron chi connectivity index (χ0n) is 11.3. The van der Waals surface area contributed by atoms with E-state index in [0.717, 1.165) is 11.4 Å². The molecule has 0 bridgehead atoms. The minimum Gasteiger partial charge on any atom is -0.325 e. The van der Waals surface area contributed by atoms with Crippen LogP contribution in [-0.4, -0.2) is 15.2 Å². The molecule has 0 fully saturated rings. The zero-order valence-corrected chi connectivity index (χ0v) is 12.9. The summed E-state index contributed by atoms with van der Waals surface area (Å²) in [7, 11) is 0. The van der Waals surface area contributed by atoms with Crippen molar-refractivity contribution in [3.8, 4) is 0 Å². The molecule has 108 valence electrons. The van der Waals surface area contributed by atoms with Crippen molar-refractivity contribution in [3.05, 3.63) is 52.0 Å². The Morgan fingerprint density at radius 1 is 1.29 bits per heavy atom. The molecule has 0 spiro atoms. The van der Waals surface area contributed by atoms with Gasteiger partial charge in [-0.1, -0.05) is 11.8 Å². The Labute approximate surface area is 129 Å². The molecule has 0 aliphatic rings. The minimum absolute atomic E-state index is 0.263. The van der Waals surface area contributed by atoms with Gasteiger partial charge in [-0.15, -0.1) is 16.4 Å². The summed E-state index contributed by atoms with van der Waals surface area (Å²) in [5.74, 6) is 1.14. The van der Waals surface area contributed by atoms with Gasteiger partial charge in [-0.3, -0.25) is 0 Å². The molecule has 2 N–H and O–H groups in total. The molecule has 7 heteroatoms. The molecule has 3 aromatic rings. The lowest BCUT2D eigenvalue weighted by atomic mass is 10.3. The second kappa shape index (κ2) is 6.28. The molecule has 0 saturated heterocycles. The topological polar surface area (TPSA) is 53.6 Å². The quantitative estimate of drug-likeness (QED) is 0.686. The molecule has 3 rings (SSSR count). The zero-order chi connectivity index (χ0) is 14.7. The second-order valence-corrected chi connectivity index (χ2v) is 6.36. The number of nitrogens with zero attached hydrogens (tertiary/aromatic N) is 2. The summed E-state index contributed by atoms with van der Waals surface area (Å²) < 4.78 is 12.8. The lowest BCUT2D eigenvalue weighted by Crippen LogP contribution is -1.92. The van der Waals surface area contributed by atoms with Crippen LogP contribution in [0.2, 0.25) is 0 Å². The van der Waals surface area contributed by atoms with Crippen LogP contribution in [-0.2, 0) is 5.75 Å². The number of rotatable bonds is 5. The van der Waals surface area contributed by atoms with Crippen molar-refractivity contribution >= 4 is 34.7 Å². The van der Waals surface area contributed by atoms with Gasteiger partial charge in [0.2, 0.25) is 11.1 Å². The van der Waals surface area contributed by atoms with Gasteiger partial charge < -0.3 is 5.32 Å². The summed E-state index contributed by atoms with van der Waals surface area (Å²) in [6.45, 7) is 2.10. The Kier molecular flexibility index (Phi) is 4.21. The highest BCUT2D eigenvalue weighted by Crippen LogP contribution is 2.26. The number of halogens is 1. The number of aryl methyl sites for hydroxylation is 1. The van der Waals surface area contributed by atoms with E-state index in [2.05, 4.69) is 38.9 Å². The van der Waals surface area contributed by atoms with E-state index < -0.39 is 0 Å². The average molecular weight is 320 g/mol. The van der Waals surface area contributed by atoms with Gasteiger partial charge in [-0.05, 0) is 48.2 Å². The lowest BCUT2D eigenvalue weighted by molar-refractivity contribution is 0.628. The highest BCUT2D eigenvalue weighted by Gasteiger charge is 2.06. The van der Waals surface area contributed by atoms with Gasteiger partial charge in [-0.2, -0.15) is 4.98 Å². The van der Waals surface area contributed by atoms with E-state index in [-0.39, 0.29) is 5.82 Å². The monoisotopic (exact) mass is 320 g/mol. The van der Waals surface area contributed by atoms with Crippen molar-refractivity contribution in [2.24, 2.45) is 0 Å². The first-order chi connectivity index (χ1) is 10.2. The van der Waals surface area contributed by atoms with Crippen LogP contribution < -0.4 is 5.32 Å². The summed E-state index contributed by atoms with van der Waals surface area (Å²) >= 11 is 3.32. The smallest absolute Gasteiger partial charge is 0.223 e. The average Bonchev–Trinajstić information content (AvgIpc) is 3.08. The summed E-state index contributed by atoms with van der Waals surface area (Å²) in [6.07, 6.45) is 0. The standard InChI is InChI=1S/C14H13FN4S2/c1-9-6-7-20-12(9)8-21-14-17-13(18-19-14)16-11-4-2-10(15)3-5-11/h2-7H,8H2,1H3,(H2,16,17,18,19). The molecule has 0 aliphatic carbocycles. The second-order valence-electron chi connectivity index (χ2n) is 4.41. The van der Waals surface area contributed by atoms with Crippen molar-refractivity contribution in [2.45, 2.75) is 17.8 Å². The fourth-order valence-corrected chi connectivity index (χ4v) is 3.61. The predicted octanol–water partition coefficient (Wildman–Crippen LogP) is 4.35. The summed E-state index contributed by atoms with van der Waals surface area (Å²) in [6, 6.07) is 8.21. The van der Waals surface area contributed by atoms with Crippen LogP contribution in [0.5, 0.6) is 0 Å². The van der Waals surface area contributed by atoms with Crippen molar-refractivity contribution in [2.75, 3.05) is 5.32 Å². The molecule has 21 heavy (non-hydrogen) atoms. The number of thiophene rings is 1. The van der Waals surface area contributed by atoms with Crippen LogP contribution in [0.25, 0.3) is 0 Å². The van der Waals surface area contributed by atoms with Gasteiger partial charge in [0.1, 0.15) is 5.82 Å². The molecule has 2 heterocycles. The molecule has 0 amide bonds. The van der Waals surface area contributed by atoms with Crippen molar-refractivity contribution < 1.29 is 4.39 Å². The van der Waals surface area contributed by atoms with E-state index in [1.807, 2.05) is 0 Å². The van der Waals surface area contributed by atoms with Gasteiger partial charge in [0.15, 0.2) is 0 Å². The Hall–Kier alpha value is -1.86. The highest BCUT2D eigenvalue weighted by molar-refractivity contribution is 7.98. The Balaban J connectivity index is 1.61. The van der Waals surface area contributed by atoms with E-state index in [1.165, 1.54) is 22.6 Å². The first-order valence-corrected chi connectivity index (χ1v) is 8.18. The van der Waals surface area contributed by atoms with E-state index in [9.17, 15) is 4.39 Å². The summed E-state index contributed by atoms with van der Waals surface area (Å²) in [5, 5.41) is 12.8. The van der Waals surface area contributed by atoms with Crippen LogP contribution in [0.4, 0.5) is 16.0 Å². The van der Waals surface area contributed by atoms with Crippen molar-refractivity contribution in [3.63, 3.8) is 0 Å². The fourth-order valence-electron chi connectivity index (χ4n) is 1.72. The van der Waals surface area contributed by atoms with Crippen LogP contribution in [0.15, 0.2) is 40.9 Å². The number of aromatic amines is 1. The maximum absolute atomic E-state index is 12.8. The normalized spacial score (nSPS) is 10.8. The maximum Gasteiger partial charge on any atom is 0.223 e. The van der Waals surface area contributed by atoms with Crippen LogP contribution in [0.3, 0.4) is 0 Å². The number of aromatic nitrogens is 3. The SMILES string of the molecule is Cc1ccsc1CSc1n[nH]c(Nc2ccc(F)cc2)n1. The molecule has 0 aliphatic heterocycles. The van der Waals surface area contributed by atoms with Gasteiger partial charge in [0, 0.05) is 16.3 Å². The third-order valence-electron chi connectivity index (χ3n) is 2.87. The van der Waals surface area contributed by atoms with Gasteiger partial charge in [0.25, 0.3) is 0 Å². The minimum atomic E-state index is -0.263. The number of hydrogen-bond donors (Lipinski definition) is 2. The Morgan fingerprint density at radius 2 is 2.10 bits per heavy atom. The third kappa shape index (κ3) is 3.62. The molecule has 4 nitrogen and oxygen atoms in total. The van der Waals surface area contributed by atoms with Crippen LogP contribution in [0, 0.1) is 12.7 Å². The lowest BCUT2D eigenvalue weighted by Gasteiger charge is -2.00. The Bertz CT molecular complexity index is 721. The number of H-pyrrole nitrogens is 1. The van der Waals surface area contributed by atoms with E-state index in [4.69, 9.17) is 0 Å². The predicted molar refractivity (Wildman–Crippen MR) is 84.7 cm³/mol. The summed E-state index contributed by atoms with van der Waals surface area (Å²) in [5.41, 5.74) is 2.06. The van der Waals surface area contributed by atoms with E-state index in [1.54, 1.807) is 35.2 Å². The highest BCUT2D eigenvalue weighted by atomic mass is 32.2. The fraction of sp³-hybridized carbons (Fsp3) is 0.143. The molecule has 2 aromatic heterocycles. The molecule has 0 unspecified atom stereocenters. The van der Waals surface area contributed by atoms with Gasteiger partial charge in [0.05, 0.1) is 0 Å². The van der Waals surface area contributed by atoms with Crippen molar-refractivity contribution in [1.82, 2.24) is 15.2 Å². The molecule has 1 aromatic carbocycles.